The van der Waals surface area contributed by atoms with Gasteiger partial charge in [-0.3, -0.25) is 14.2 Å². The van der Waals surface area contributed by atoms with Crippen LogP contribution in [0, 0.1) is 18.3 Å². The largest absolute Gasteiger partial charge is 0.494 e. The summed E-state index contributed by atoms with van der Waals surface area (Å²) >= 11 is 0. The van der Waals surface area contributed by atoms with Crippen molar-refractivity contribution >= 4 is 22.5 Å². The number of fused-ring (bicyclic) bond motifs is 1. The van der Waals surface area contributed by atoms with Crippen LogP contribution in [-0.4, -0.2) is 47.6 Å². The van der Waals surface area contributed by atoms with Crippen molar-refractivity contribution in [1.82, 2.24) is 14.5 Å². The van der Waals surface area contributed by atoms with Crippen LogP contribution in [0.2, 0.25) is 0 Å². The maximum Gasteiger partial charge on any atom is 0.265 e. The second-order valence-corrected chi connectivity index (χ2v) is 10.4. The number of carbonyl (C=O) groups is 1. The minimum Gasteiger partial charge on any atom is -0.494 e. The van der Waals surface area contributed by atoms with Crippen LogP contribution in [0.4, 0.5) is 5.69 Å². The van der Waals surface area contributed by atoms with Crippen molar-refractivity contribution < 1.29 is 9.53 Å². The number of nitriles is 1. The van der Waals surface area contributed by atoms with Crippen molar-refractivity contribution in [3.63, 3.8) is 0 Å². The van der Waals surface area contributed by atoms with Gasteiger partial charge in [-0.15, -0.1) is 0 Å². The third-order valence-electron chi connectivity index (χ3n) is 6.60. The van der Waals surface area contributed by atoms with Crippen LogP contribution in [0.25, 0.3) is 16.6 Å². The molecule has 1 aromatic heterocycles. The van der Waals surface area contributed by atoms with Gasteiger partial charge < -0.3 is 15.0 Å². The topological polar surface area (TPSA) is 100 Å². The zero-order valence-corrected chi connectivity index (χ0v) is 23.0. The molecule has 0 radical (unpaired) electrons. The number of hydrogen-bond acceptors (Lipinski definition) is 6. The first kappa shape index (κ1) is 27.6. The molecule has 0 fully saturated rings. The van der Waals surface area contributed by atoms with E-state index in [0.717, 1.165) is 24.1 Å². The monoisotopic (exact) mass is 523 g/mol. The standard InChI is InChI=1S/C31H33N5O3/c1-21-10-11-24(34-29(37)22-8-6-9-23(16-22)31(2,3)19-32)17-28(21)36-20-33-27-13-12-25(18-26(27)30(36)38)39-15-7-14-35(4)5/h6,8-13,16-18,20H,7,14-15H2,1-5H3,(H,34,37). The third kappa shape index (κ3) is 6.33. The molecule has 0 aliphatic rings. The molecule has 4 rings (SSSR count). The number of ether oxygens (including phenoxy) is 1. The molecule has 0 aliphatic heterocycles. The Morgan fingerprint density at radius 3 is 2.67 bits per heavy atom. The molecule has 4 aromatic rings. The first-order valence-corrected chi connectivity index (χ1v) is 12.8. The van der Waals surface area contributed by atoms with E-state index < -0.39 is 5.41 Å². The van der Waals surface area contributed by atoms with E-state index in [-0.39, 0.29) is 11.5 Å². The van der Waals surface area contributed by atoms with Crippen molar-refractivity contribution in [3.05, 3.63) is 94.0 Å². The van der Waals surface area contributed by atoms with Crippen molar-refractivity contribution in [3.8, 4) is 17.5 Å². The van der Waals surface area contributed by atoms with Crippen LogP contribution in [-0.2, 0) is 5.41 Å². The molecule has 0 aliphatic carbocycles. The summed E-state index contributed by atoms with van der Waals surface area (Å²) in [5, 5.41) is 12.8. The summed E-state index contributed by atoms with van der Waals surface area (Å²) in [6.45, 7) is 6.99. The van der Waals surface area contributed by atoms with E-state index in [1.807, 2.05) is 53.1 Å². The van der Waals surface area contributed by atoms with E-state index in [9.17, 15) is 14.9 Å². The van der Waals surface area contributed by atoms with Gasteiger partial charge in [-0.25, -0.2) is 4.98 Å². The van der Waals surface area contributed by atoms with Crippen molar-refractivity contribution in [1.29, 1.82) is 5.26 Å². The van der Waals surface area contributed by atoms with E-state index >= 15 is 0 Å². The highest BCUT2D eigenvalue weighted by molar-refractivity contribution is 6.04. The fourth-order valence-electron chi connectivity index (χ4n) is 4.20. The van der Waals surface area contributed by atoms with Gasteiger partial charge in [0.15, 0.2) is 0 Å². The Labute approximate surface area is 228 Å². The number of aromatic nitrogens is 2. The van der Waals surface area contributed by atoms with Gasteiger partial charge in [0.25, 0.3) is 11.5 Å². The molecule has 0 atom stereocenters. The predicted octanol–water partition coefficient (Wildman–Crippen LogP) is 5.08. The van der Waals surface area contributed by atoms with Gasteiger partial charge >= 0.3 is 0 Å². The number of nitrogens with one attached hydrogen (secondary N) is 1. The molecule has 3 aromatic carbocycles. The lowest BCUT2D eigenvalue weighted by Crippen LogP contribution is -2.20. The Kier molecular flexibility index (Phi) is 8.12. The maximum absolute atomic E-state index is 13.5. The van der Waals surface area contributed by atoms with Crippen LogP contribution >= 0.6 is 0 Å². The van der Waals surface area contributed by atoms with Crippen molar-refractivity contribution in [2.24, 2.45) is 0 Å². The second-order valence-electron chi connectivity index (χ2n) is 10.4. The van der Waals surface area contributed by atoms with Crippen LogP contribution in [0.5, 0.6) is 5.75 Å². The number of hydrogen-bond donors (Lipinski definition) is 1. The summed E-state index contributed by atoms with van der Waals surface area (Å²) in [5.41, 5.74) is 2.85. The Morgan fingerprint density at radius 1 is 1.13 bits per heavy atom. The van der Waals surface area contributed by atoms with Gasteiger partial charge in [0.1, 0.15) is 12.1 Å². The fourth-order valence-corrected chi connectivity index (χ4v) is 4.20. The molecule has 1 heterocycles. The average molecular weight is 524 g/mol. The summed E-state index contributed by atoms with van der Waals surface area (Å²) in [5.74, 6) is 0.317. The minimum absolute atomic E-state index is 0.225. The van der Waals surface area contributed by atoms with E-state index in [1.54, 1.807) is 42.5 Å². The van der Waals surface area contributed by atoms with Crippen LogP contribution in [0.3, 0.4) is 0 Å². The molecule has 0 saturated heterocycles. The van der Waals surface area contributed by atoms with E-state index in [1.165, 1.54) is 10.9 Å². The second kappa shape index (κ2) is 11.5. The predicted molar refractivity (Wildman–Crippen MR) is 154 cm³/mol. The lowest BCUT2D eigenvalue weighted by molar-refractivity contribution is 0.102. The van der Waals surface area contributed by atoms with Gasteiger partial charge in [-0.2, -0.15) is 5.26 Å². The highest BCUT2D eigenvalue weighted by Crippen LogP contribution is 2.24. The van der Waals surface area contributed by atoms with Gasteiger partial charge in [0.05, 0.1) is 34.7 Å². The zero-order chi connectivity index (χ0) is 28.2. The number of nitrogens with zero attached hydrogens (tertiary/aromatic N) is 4. The summed E-state index contributed by atoms with van der Waals surface area (Å²) in [6, 6.07) is 20.0. The minimum atomic E-state index is -0.714. The Hall–Kier alpha value is -4.48. The number of rotatable bonds is 9. The highest BCUT2D eigenvalue weighted by Gasteiger charge is 2.21. The summed E-state index contributed by atoms with van der Waals surface area (Å²) in [7, 11) is 4.03. The number of aryl methyl sites for hydroxylation is 1. The fraction of sp³-hybridized carbons (Fsp3) is 0.290. The molecule has 1 N–H and O–H groups in total. The number of amides is 1. The summed E-state index contributed by atoms with van der Waals surface area (Å²) in [6.07, 6.45) is 2.38. The first-order chi connectivity index (χ1) is 18.6. The number of anilines is 1. The van der Waals surface area contributed by atoms with E-state index in [2.05, 4.69) is 21.3 Å². The van der Waals surface area contributed by atoms with Crippen molar-refractivity contribution in [2.45, 2.75) is 32.6 Å². The first-order valence-electron chi connectivity index (χ1n) is 12.8. The molecule has 0 bridgehead atoms. The van der Waals surface area contributed by atoms with E-state index in [4.69, 9.17) is 4.74 Å². The molecule has 0 saturated carbocycles. The zero-order valence-electron chi connectivity index (χ0n) is 23.0. The van der Waals surface area contributed by atoms with Gasteiger partial charge in [0.2, 0.25) is 0 Å². The van der Waals surface area contributed by atoms with Crippen molar-refractivity contribution in [2.75, 3.05) is 32.6 Å². The van der Waals surface area contributed by atoms with Gasteiger partial charge in [-0.05, 0) is 94.9 Å². The quantitative estimate of drug-likeness (QED) is 0.307. The smallest absolute Gasteiger partial charge is 0.265 e. The molecule has 8 heteroatoms. The highest BCUT2D eigenvalue weighted by atomic mass is 16.5. The molecule has 0 unspecified atom stereocenters. The Morgan fingerprint density at radius 2 is 1.92 bits per heavy atom. The van der Waals surface area contributed by atoms with Crippen LogP contribution in [0.15, 0.2) is 71.8 Å². The van der Waals surface area contributed by atoms with Gasteiger partial charge in [0, 0.05) is 17.8 Å². The van der Waals surface area contributed by atoms with Crippen LogP contribution in [0.1, 0.15) is 41.8 Å². The average Bonchev–Trinajstić information content (AvgIpc) is 2.92. The lowest BCUT2D eigenvalue weighted by Gasteiger charge is -2.17. The molecule has 39 heavy (non-hydrogen) atoms. The maximum atomic E-state index is 13.5. The summed E-state index contributed by atoms with van der Waals surface area (Å²) in [4.78, 5) is 33.1. The molecule has 0 spiro atoms. The van der Waals surface area contributed by atoms with Crippen LogP contribution < -0.4 is 15.6 Å². The lowest BCUT2D eigenvalue weighted by atomic mass is 9.85. The SMILES string of the molecule is Cc1ccc(NC(=O)c2cccc(C(C)(C)C#N)c2)cc1-n1cnc2ccc(OCCCN(C)C)cc2c1=O. The summed E-state index contributed by atoms with van der Waals surface area (Å²) < 4.78 is 7.35. The van der Waals surface area contributed by atoms with E-state index in [0.29, 0.717) is 40.2 Å². The number of carbonyl (C=O) groups excluding carboxylic acids is 1. The Bertz CT molecular complexity index is 1620. The number of benzene rings is 3. The Balaban J connectivity index is 1.61. The molecular weight excluding hydrogens is 490 g/mol. The molecule has 200 valence electrons. The molecule has 1 amide bonds. The molecular formula is C31H33N5O3. The normalized spacial score (nSPS) is 11.4. The third-order valence-corrected chi connectivity index (χ3v) is 6.60. The molecule has 8 nitrogen and oxygen atoms in total. The van der Waals surface area contributed by atoms with Gasteiger partial charge in [-0.1, -0.05) is 18.2 Å².